The second-order valence-corrected chi connectivity index (χ2v) is 2.94. The molecule has 0 bridgehead atoms. The van der Waals surface area contributed by atoms with E-state index >= 15 is 0 Å². The van der Waals surface area contributed by atoms with E-state index in [1.165, 1.54) is 6.07 Å². The molecule has 0 spiro atoms. The molecule has 0 saturated carbocycles. The fourth-order valence-electron chi connectivity index (χ4n) is 1.18. The summed E-state index contributed by atoms with van der Waals surface area (Å²) in [6, 6.07) is 4.23. The zero-order chi connectivity index (χ0) is 10.6. The van der Waals surface area contributed by atoms with E-state index in [-0.39, 0.29) is 12.4 Å². The molecule has 1 atom stereocenters. The molecule has 14 heavy (non-hydrogen) atoms. The lowest BCUT2D eigenvalue weighted by molar-refractivity contribution is 0.264. The lowest BCUT2D eigenvalue weighted by Gasteiger charge is -2.12. The maximum Gasteiger partial charge on any atom is 0.120 e. The Morgan fingerprint density at radius 1 is 1.50 bits per heavy atom. The molecule has 1 aromatic rings. The van der Waals surface area contributed by atoms with Crippen molar-refractivity contribution in [3.63, 3.8) is 0 Å². The standard InChI is InChI=1S/C10H15NO3/c1-2-14-7-3-4-10(13)8(5-7)9(11)6-12/h3-5,9,12-13H,2,6,11H2,1H3/t9-/m1/s1. The zero-order valence-corrected chi connectivity index (χ0v) is 8.10. The highest BCUT2D eigenvalue weighted by Crippen LogP contribution is 2.27. The third-order valence-corrected chi connectivity index (χ3v) is 1.91. The van der Waals surface area contributed by atoms with Gasteiger partial charge in [-0.2, -0.15) is 0 Å². The van der Waals surface area contributed by atoms with Gasteiger partial charge < -0.3 is 20.7 Å². The fourth-order valence-corrected chi connectivity index (χ4v) is 1.18. The summed E-state index contributed by atoms with van der Waals surface area (Å²) >= 11 is 0. The number of hydrogen-bond donors (Lipinski definition) is 3. The van der Waals surface area contributed by atoms with Crippen LogP contribution in [0.5, 0.6) is 11.5 Å². The van der Waals surface area contributed by atoms with Crippen molar-refractivity contribution >= 4 is 0 Å². The van der Waals surface area contributed by atoms with Crippen LogP contribution in [0.1, 0.15) is 18.5 Å². The third kappa shape index (κ3) is 2.37. The molecule has 1 rings (SSSR count). The minimum Gasteiger partial charge on any atom is -0.508 e. The SMILES string of the molecule is CCOc1ccc(O)c([C@H](N)CO)c1. The normalized spacial score (nSPS) is 12.5. The maximum atomic E-state index is 9.46. The van der Waals surface area contributed by atoms with Gasteiger partial charge in [0, 0.05) is 5.56 Å². The van der Waals surface area contributed by atoms with Crippen LogP contribution < -0.4 is 10.5 Å². The van der Waals surface area contributed by atoms with Gasteiger partial charge in [-0.05, 0) is 25.1 Å². The Balaban J connectivity index is 2.95. The van der Waals surface area contributed by atoms with Crippen molar-refractivity contribution in [3.8, 4) is 11.5 Å². The Kier molecular flexibility index (Phi) is 3.73. The quantitative estimate of drug-likeness (QED) is 0.666. The Labute approximate surface area is 82.9 Å². The number of aliphatic hydroxyl groups excluding tert-OH is 1. The van der Waals surface area contributed by atoms with E-state index in [1.54, 1.807) is 12.1 Å². The smallest absolute Gasteiger partial charge is 0.120 e. The molecule has 0 aliphatic rings. The van der Waals surface area contributed by atoms with Crippen LogP contribution in [0.15, 0.2) is 18.2 Å². The third-order valence-electron chi connectivity index (χ3n) is 1.91. The number of phenols is 1. The van der Waals surface area contributed by atoms with Crippen molar-refractivity contribution in [2.24, 2.45) is 5.73 Å². The van der Waals surface area contributed by atoms with E-state index in [0.29, 0.717) is 17.9 Å². The average molecular weight is 197 g/mol. The molecule has 0 amide bonds. The van der Waals surface area contributed by atoms with E-state index in [0.717, 1.165) is 0 Å². The fraction of sp³-hybridized carbons (Fsp3) is 0.400. The Bertz CT molecular complexity index is 301. The summed E-state index contributed by atoms with van der Waals surface area (Å²) in [4.78, 5) is 0. The highest BCUT2D eigenvalue weighted by atomic mass is 16.5. The first-order valence-electron chi connectivity index (χ1n) is 4.51. The van der Waals surface area contributed by atoms with Gasteiger partial charge in [-0.15, -0.1) is 0 Å². The largest absolute Gasteiger partial charge is 0.508 e. The molecule has 4 N–H and O–H groups in total. The van der Waals surface area contributed by atoms with Gasteiger partial charge in [0.2, 0.25) is 0 Å². The van der Waals surface area contributed by atoms with Crippen LogP contribution >= 0.6 is 0 Å². The second kappa shape index (κ2) is 4.83. The first-order chi connectivity index (χ1) is 6.69. The van der Waals surface area contributed by atoms with Gasteiger partial charge in [-0.1, -0.05) is 0 Å². The molecule has 1 aromatic carbocycles. The average Bonchev–Trinajstić information content (AvgIpc) is 2.20. The van der Waals surface area contributed by atoms with Crippen molar-refractivity contribution in [1.82, 2.24) is 0 Å². The number of aliphatic hydroxyl groups is 1. The van der Waals surface area contributed by atoms with Crippen LogP contribution in [-0.2, 0) is 0 Å². The van der Waals surface area contributed by atoms with E-state index in [1.807, 2.05) is 6.92 Å². The minimum atomic E-state index is -0.574. The van der Waals surface area contributed by atoms with Gasteiger partial charge >= 0.3 is 0 Å². The molecular weight excluding hydrogens is 182 g/mol. The van der Waals surface area contributed by atoms with Crippen LogP contribution in [0.25, 0.3) is 0 Å². The molecule has 78 valence electrons. The first-order valence-corrected chi connectivity index (χ1v) is 4.51. The summed E-state index contributed by atoms with van der Waals surface area (Å²) < 4.78 is 5.25. The molecule has 0 fully saturated rings. The molecule has 0 aliphatic heterocycles. The highest BCUT2D eigenvalue weighted by molar-refractivity contribution is 5.41. The molecule has 4 heteroatoms. The van der Waals surface area contributed by atoms with Gasteiger partial charge in [0.15, 0.2) is 0 Å². The molecule has 0 saturated heterocycles. The number of hydrogen-bond acceptors (Lipinski definition) is 4. The van der Waals surface area contributed by atoms with Crippen molar-refractivity contribution < 1.29 is 14.9 Å². The summed E-state index contributed by atoms with van der Waals surface area (Å²) in [6.45, 7) is 2.22. The van der Waals surface area contributed by atoms with Crippen molar-refractivity contribution in [2.45, 2.75) is 13.0 Å². The molecule has 0 aliphatic carbocycles. The molecule has 4 nitrogen and oxygen atoms in total. The number of aromatic hydroxyl groups is 1. The lowest BCUT2D eigenvalue weighted by Crippen LogP contribution is -2.14. The number of rotatable bonds is 4. The van der Waals surface area contributed by atoms with Gasteiger partial charge in [0.25, 0.3) is 0 Å². The monoisotopic (exact) mass is 197 g/mol. The van der Waals surface area contributed by atoms with E-state index in [4.69, 9.17) is 15.6 Å². The van der Waals surface area contributed by atoms with Crippen molar-refractivity contribution in [1.29, 1.82) is 0 Å². The van der Waals surface area contributed by atoms with E-state index in [2.05, 4.69) is 0 Å². The number of ether oxygens (including phenoxy) is 1. The number of benzene rings is 1. The molecule has 0 heterocycles. The summed E-state index contributed by atoms with van der Waals surface area (Å²) in [5, 5.41) is 18.3. The van der Waals surface area contributed by atoms with Crippen LogP contribution in [0.4, 0.5) is 0 Å². The Morgan fingerprint density at radius 2 is 2.21 bits per heavy atom. The van der Waals surface area contributed by atoms with Crippen molar-refractivity contribution in [3.05, 3.63) is 23.8 Å². The summed E-state index contributed by atoms with van der Waals surface area (Å²) in [5.74, 6) is 0.721. The predicted molar refractivity (Wildman–Crippen MR) is 53.3 cm³/mol. The predicted octanol–water partition coefficient (Wildman–Crippen LogP) is 0.783. The number of phenolic OH excluding ortho intramolecular Hbond substituents is 1. The summed E-state index contributed by atoms with van der Waals surface area (Å²) in [5.41, 5.74) is 6.09. The van der Waals surface area contributed by atoms with E-state index < -0.39 is 6.04 Å². The first kappa shape index (κ1) is 10.8. The van der Waals surface area contributed by atoms with Crippen LogP contribution in [0.3, 0.4) is 0 Å². The molecule has 0 aromatic heterocycles. The van der Waals surface area contributed by atoms with Crippen LogP contribution in [-0.4, -0.2) is 23.4 Å². The minimum absolute atomic E-state index is 0.0787. The van der Waals surface area contributed by atoms with Gasteiger partial charge in [-0.3, -0.25) is 0 Å². The van der Waals surface area contributed by atoms with E-state index in [9.17, 15) is 5.11 Å². The summed E-state index contributed by atoms with van der Waals surface area (Å²) in [7, 11) is 0. The number of nitrogens with two attached hydrogens (primary N) is 1. The molecule has 0 radical (unpaired) electrons. The highest BCUT2D eigenvalue weighted by Gasteiger charge is 2.10. The lowest BCUT2D eigenvalue weighted by atomic mass is 10.1. The topological polar surface area (TPSA) is 75.7 Å². The molecular formula is C10H15NO3. The van der Waals surface area contributed by atoms with Gasteiger partial charge in [-0.25, -0.2) is 0 Å². The maximum absolute atomic E-state index is 9.46. The van der Waals surface area contributed by atoms with Crippen molar-refractivity contribution in [2.75, 3.05) is 13.2 Å². The zero-order valence-electron chi connectivity index (χ0n) is 8.10. The van der Waals surface area contributed by atoms with Gasteiger partial charge in [0.1, 0.15) is 11.5 Å². The Morgan fingerprint density at radius 3 is 2.79 bits per heavy atom. The molecule has 0 unspecified atom stereocenters. The van der Waals surface area contributed by atoms with Crippen LogP contribution in [0, 0.1) is 0 Å². The van der Waals surface area contributed by atoms with Gasteiger partial charge in [0.05, 0.1) is 19.3 Å². The second-order valence-electron chi connectivity index (χ2n) is 2.94. The Hall–Kier alpha value is -1.26. The summed E-state index contributed by atoms with van der Waals surface area (Å²) in [6.07, 6.45) is 0. The van der Waals surface area contributed by atoms with Crippen LogP contribution in [0.2, 0.25) is 0 Å².